The summed E-state index contributed by atoms with van der Waals surface area (Å²) in [5, 5.41) is 21.1. The molecular formula is C28H44N8O4. The van der Waals surface area contributed by atoms with Crippen LogP contribution >= 0.6 is 0 Å². The Bertz CT molecular complexity index is 1100. The minimum Gasteiger partial charge on any atom is -0.394 e. The van der Waals surface area contributed by atoms with E-state index in [2.05, 4.69) is 32.5 Å². The Balaban J connectivity index is 1.41. The van der Waals surface area contributed by atoms with Gasteiger partial charge in [-0.1, -0.05) is 12.1 Å². The number of benzene rings is 1. The number of piperazine rings is 1. The molecule has 4 rings (SSSR count). The Labute approximate surface area is 236 Å². The zero-order chi connectivity index (χ0) is 28.6. The van der Waals surface area contributed by atoms with Gasteiger partial charge in [-0.25, -0.2) is 4.79 Å². The summed E-state index contributed by atoms with van der Waals surface area (Å²) in [6, 6.07) is 7.40. The van der Waals surface area contributed by atoms with Gasteiger partial charge in [0.2, 0.25) is 5.91 Å². The monoisotopic (exact) mass is 556 g/mol. The first kappa shape index (κ1) is 29.8. The van der Waals surface area contributed by atoms with E-state index >= 15 is 0 Å². The van der Waals surface area contributed by atoms with Crippen molar-refractivity contribution < 1.29 is 19.4 Å². The minimum atomic E-state index is -0.373. The van der Waals surface area contributed by atoms with Crippen LogP contribution in [-0.2, 0) is 22.7 Å². The maximum atomic E-state index is 13.1. The molecule has 40 heavy (non-hydrogen) atoms. The lowest BCUT2D eigenvalue weighted by Crippen LogP contribution is -2.48. The van der Waals surface area contributed by atoms with Gasteiger partial charge in [0.05, 0.1) is 31.6 Å². The average Bonchev–Trinajstić information content (AvgIpc) is 3.41. The molecular weight excluding hydrogens is 512 g/mol. The largest absolute Gasteiger partial charge is 0.394 e. The van der Waals surface area contributed by atoms with Gasteiger partial charge >= 0.3 is 6.03 Å². The number of ether oxygens (including phenoxy) is 1. The van der Waals surface area contributed by atoms with Crippen molar-refractivity contribution >= 4 is 23.3 Å². The molecule has 12 heteroatoms. The highest BCUT2D eigenvalue weighted by molar-refractivity contribution is 5.89. The van der Waals surface area contributed by atoms with Crippen molar-refractivity contribution in [1.82, 2.24) is 29.7 Å². The molecule has 12 nitrogen and oxygen atoms in total. The number of anilines is 2. The van der Waals surface area contributed by atoms with E-state index in [1.807, 2.05) is 44.3 Å². The number of rotatable bonds is 6. The van der Waals surface area contributed by atoms with Crippen LogP contribution in [0.4, 0.5) is 16.2 Å². The number of aliphatic hydroxyl groups excluding tert-OH is 1. The van der Waals surface area contributed by atoms with Crippen molar-refractivity contribution in [2.45, 2.75) is 52.0 Å². The predicted molar refractivity (Wildman–Crippen MR) is 153 cm³/mol. The van der Waals surface area contributed by atoms with E-state index in [9.17, 15) is 14.7 Å². The van der Waals surface area contributed by atoms with Crippen LogP contribution < -0.4 is 10.2 Å². The van der Waals surface area contributed by atoms with E-state index in [0.29, 0.717) is 38.2 Å². The van der Waals surface area contributed by atoms with Crippen LogP contribution in [0, 0.1) is 5.92 Å². The molecule has 0 aliphatic carbocycles. The van der Waals surface area contributed by atoms with Crippen molar-refractivity contribution in [2.75, 3.05) is 70.2 Å². The SMILES string of the molecule is C[C@H](CO)N1C[C@H](C)[C@@H](CN(C)C(=O)Nc2ccc(N3CCN(C)CC3)cc2)OCc2cn(nn2)CCCC1=O. The first-order valence-electron chi connectivity index (χ1n) is 14.2. The summed E-state index contributed by atoms with van der Waals surface area (Å²) in [4.78, 5) is 34.2. The number of urea groups is 1. The standard InChI is InChI=1S/C28H44N8O4/c1-21-16-36(22(2)19-37)27(38)6-5-11-35-17-24(30-31-35)20-40-26(21)18-33(4)28(39)29-23-7-9-25(10-8-23)34-14-12-32(3)13-15-34/h7-10,17,21-22,26,37H,5-6,11-16,18-20H2,1-4H3,(H,29,39)/t21-,22+,26+/m0/s1. The number of carbonyl (C=O) groups excluding carboxylic acids is 2. The third-order valence-electron chi connectivity index (χ3n) is 7.83. The van der Waals surface area contributed by atoms with Crippen molar-refractivity contribution in [3.8, 4) is 0 Å². The molecule has 0 saturated carbocycles. The molecule has 3 amide bonds. The summed E-state index contributed by atoms with van der Waals surface area (Å²) >= 11 is 0. The number of hydrogen-bond acceptors (Lipinski definition) is 8. The number of nitrogens with zero attached hydrogens (tertiary/aromatic N) is 7. The Hall–Kier alpha value is -3.22. The molecule has 3 atom stereocenters. The molecule has 0 spiro atoms. The number of likely N-dealkylation sites (N-methyl/N-ethyl adjacent to an activating group) is 2. The lowest BCUT2D eigenvalue weighted by Gasteiger charge is -2.35. The molecule has 2 aliphatic rings. The zero-order valence-corrected chi connectivity index (χ0v) is 24.2. The average molecular weight is 557 g/mol. The third kappa shape index (κ3) is 7.92. The van der Waals surface area contributed by atoms with Crippen molar-refractivity contribution in [2.24, 2.45) is 5.92 Å². The minimum absolute atomic E-state index is 0.0159. The van der Waals surface area contributed by atoms with Gasteiger partial charge in [-0.3, -0.25) is 9.48 Å². The van der Waals surface area contributed by atoms with E-state index in [1.54, 1.807) is 21.5 Å². The van der Waals surface area contributed by atoms with Crippen LogP contribution in [0.2, 0.25) is 0 Å². The van der Waals surface area contributed by atoms with E-state index in [0.717, 1.165) is 37.6 Å². The van der Waals surface area contributed by atoms with Crippen molar-refractivity contribution in [1.29, 1.82) is 0 Å². The summed E-state index contributed by atoms with van der Waals surface area (Å²) in [5.41, 5.74) is 2.58. The smallest absolute Gasteiger partial charge is 0.321 e. The molecule has 220 valence electrons. The Morgan fingerprint density at radius 2 is 1.93 bits per heavy atom. The summed E-state index contributed by atoms with van der Waals surface area (Å²) < 4.78 is 8.00. The Kier molecular flexibility index (Phi) is 10.3. The quantitative estimate of drug-likeness (QED) is 0.552. The van der Waals surface area contributed by atoms with Crippen LogP contribution in [-0.4, -0.2) is 119 Å². The van der Waals surface area contributed by atoms with E-state index in [-0.39, 0.29) is 43.2 Å². The molecule has 1 saturated heterocycles. The summed E-state index contributed by atoms with van der Waals surface area (Å²) in [6.45, 7) is 9.34. The second-order valence-corrected chi connectivity index (χ2v) is 11.1. The fraction of sp³-hybridized carbons (Fsp3) is 0.643. The number of aromatic nitrogens is 3. The summed E-state index contributed by atoms with van der Waals surface area (Å²) in [5.74, 6) is -0.121. The van der Waals surface area contributed by atoms with Crippen LogP contribution in [0.15, 0.2) is 30.5 Å². The molecule has 0 radical (unpaired) electrons. The fourth-order valence-electron chi connectivity index (χ4n) is 5.09. The second kappa shape index (κ2) is 13.9. The molecule has 2 N–H and O–H groups in total. The lowest BCUT2D eigenvalue weighted by molar-refractivity contribution is -0.136. The van der Waals surface area contributed by atoms with Crippen LogP contribution in [0.25, 0.3) is 0 Å². The summed E-state index contributed by atoms with van der Waals surface area (Å²) in [7, 11) is 3.87. The molecule has 3 heterocycles. The first-order valence-corrected chi connectivity index (χ1v) is 14.2. The van der Waals surface area contributed by atoms with Gasteiger partial charge in [-0.15, -0.1) is 5.10 Å². The van der Waals surface area contributed by atoms with E-state index in [4.69, 9.17) is 4.74 Å². The first-order chi connectivity index (χ1) is 19.2. The summed E-state index contributed by atoms with van der Waals surface area (Å²) in [6.07, 6.45) is 2.45. The predicted octanol–water partition coefficient (Wildman–Crippen LogP) is 1.72. The van der Waals surface area contributed by atoms with Crippen molar-refractivity contribution in [3.05, 3.63) is 36.2 Å². The maximum absolute atomic E-state index is 13.1. The number of aryl methyl sites for hydroxylation is 1. The number of fused-ring (bicyclic) bond motifs is 2. The van der Waals surface area contributed by atoms with Gasteiger partial charge in [-0.2, -0.15) is 0 Å². The van der Waals surface area contributed by atoms with Gasteiger partial charge in [-0.05, 0) is 44.7 Å². The molecule has 0 unspecified atom stereocenters. The topological polar surface area (TPSA) is 119 Å². The Morgan fingerprint density at radius 3 is 2.62 bits per heavy atom. The molecule has 1 aromatic heterocycles. The normalized spacial score (nSPS) is 22.2. The van der Waals surface area contributed by atoms with Gasteiger partial charge in [0.1, 0.15) is 5.69 Å². The van der Waals surface area contributed by atoms with Crippen LogP contribution in [0.1, 0.15) is 32.4 Å². The van der Waals surface area contributed by atoms with Crippen LogP contribution in [0.3, 0.4) is 0 Å². The molecule has 1 fully saturated rings. The maximum Gasteiger partial charge on any atom is 0.321 e. The highest BCUT2D eigenvalue weighted by atomic mass is 16.5. The number of amides is 3. The Morgan fingerprint density at radius 1 is 1.20 bits per heavy atom. The zero-order valence-electron chi connectivity index (χ0n) is 24.2. The molecule has 1 aromatic carbocycles. The molecule has 2 aromatic rings. The number of hydrogen-bond donors (Lipinski definition) is 2. The van der Waals surface area contributed by atoms with Gasteiger partial charge < -0.3 is 34.8 Å². The highest BCUT2D eigenvalue weighted by Gasteiger charge is 2.29. The number of carbonyl (C=O) groups is 2. The molecule has 2 bridgehead atoms. The molecule has 2 aliphatic heterocycles. The second-order valence-electron chi connectivity index (χ2n) is 11.1. The third-order valence-corrected chi connectivity index (χ3v) is 7.83. The van der Waals surface area contributed by atoms with E-state index in [1.165, 1.54) is 0 Å². The van der Waals surface area contributed by atoms with Gasteiger partial charge in [0.25, 0.3) is 0 Å². The van der Waals surface area contributed by atoms with Crippen LogP contribution in [0.5, 0.6) is 0 Å². The van der Waals surface area contributed by atoms with Gasteiger partial charge in [0.15, 0.2) is 0 Å². The lowest BCUT2D eigenvalue weighted by atomic mass is 10.0. The number of aliphatic hydroxyl groups is 1. The highest BCUT2D eigenvalue weighted by Crippen LogP contribution is 2.21. The van der Waals surface area contributed by atoms with Crippen molar-refractivity contribution in [3.63, 3.8) is 0 Å². The van der Waals surface area contributed by atoms with E-state index < -0.39 is 0 Å². The number of nitrogens with one attached hydrogen (secondary N) is 1. The van der Waals surface area contributed by atoms with Gasteiger partial charge in [0, 0.05) is 76.6 Å². The fourth-order valence-corrected chi connectivity index (χ4v) is 5.09.